The van der Waals surface area contributed by atoms with E-state index in [1.807, 2.05) is 0 Å². The van der Waals surface area contributed by atoms with Crippen LogP contribution in [0.4, 0.5) is 0 Å². The van der Waals surface area contributed by atoms with Crippen LogP contribution in [0.25, 0.3) is 0 Å². The molecule has 1 N–H and O–H groups in total. The molecule has 2 atom stereocenters. The molecule has 0 bridgehead atoms. The van der Waals surface area contributed by atoms with E-state index in [9.17, 15) is 13.2 Å². The highest BCUT2D eigenvalue weighted by atomic mass is 32.2. The topological polar surface area (TPSA) is 66.5 Å². The van der Waals surface area contributed by atoms with Crippen molar-refractivity contribution in [3.05, 3.63) is 0 Å². The molecule has 6 heteroatoms. The van der Waals surface area contributed by atoms with Crippen LogP contribution in [0.2, 0.25) is 0 Å². The summed E-state index contributed by atoms with van der Waals surface area (Å²) >= 11 is 0. The van der Waals surface area contributed by atoms with E-state index in [2.05, 4.69) is 5.32 Å². The first-order valence-electron chi connectivity index (χ1n) is 7.17. The Morgan fingerprint density at radius 1 is 1.32 bits per heavy atom. The summed E-state index contributed by atoms with van der Waals surface area (Å²) in [6.07, 6.45) is 5.58. The van der Waals surface area contributed by atoms with Gasteiger partial charge < -0.3 is 10.2 Å². The molecule has 0 aromatic heterocycles. The number of nitrogens with zero attached hydrogens (tertiary/aromatic N) is 1. The molecule has 1 amide bonds. The van der Waals surface area contributed by atoms with Gasteiger partial charge >= 0.3 is 0 Å². The van der Waals surface area contributed by atoms with Gasteiger partial charge in [0, 0.05) is 25.6 Å². The van der Waals surface area contributed by atoms with E-state index < -0.39 is 9.84 Å². The largest absolute Gasteiger partial charge is 0.342 e. The Balaban J connectivity index is 1.76. The summed E-state index contributed by atoms with van der Waals surface area (Å²) in [5.74, 6) is 0.436. The third-order valence-electron chi connectivity index (χ3n) is 4.27. The molecule has 2 saturated heterocycles. The highest BCUT2D eigenvalue weighted by Crippen LogP contribution is 2.18. The molecule has 0 radical (unpaired) electrons. The van der Waals surface area contributed by atoms with Gasteiger partial charge in [-0.15, -0.1) is 0 Å². The number of amides is 1. The Labute approximate surface area is 115 Å². The Hall–Kier alpha value is -0.620. The second-order valence-corrected chi connectivity index (χ2v) is 7.98. The van der Waals surface area contributed by atoms with Crippen molar-refractivity contribution in [2.45, 2.75) is 50.6 Å². The fourth-order valence-electron chi connectivity index (χ4n) is 2.93. The summed E-state index contributed by atoms with van der Waals surface area (Å²) in [7, 11) is -1.18. The molecule has 2 fully saturated rings. The van der Waals surface area contributed by atoms with Gasteiger partial charge in [0.05, 0.1) is 11.5 Å². The van der Waals surface area contributed by atoms with E-state index in [0.29, 0.717) is 18.9 Å². The van der Waals surface area contributed by atoms with Gasteiger partial charge in [-0.05, 0) is 32.2 Å². The molecular weight excluding hydrogens is 264 g/mol. The predicted molar refractivity (Wildman–Crippen MR) is 74.7 cm³/mol. The fourth-order valence-corrected chi connectivity index (χ4v) is 4.70. The first-order chi connectivity index (χ1) is 8.98. The summed E-state index contributed by atoms with van der Waals surface area (Å²) in [5.41, 5.74) is 0. The van der Waals surface area contributed by atoms with E-state index in [1.54, 1.807) is 11.9 Å². The van der Waals surface area contributed by atoms with Gasteiger partial charge in [-0.25, -0.2) is 8.42 Å². The lowest BCUT2D eigenvalue weighted by molar-refractivity contribution is -0.131. The van der Waals surface area contributed by atoms with Crippen LogP contribution < -0.4 is 5.32 Å². The number of carbonyl (C=O) groups excluding carboxylic acids is 1. The lowest BCUT2D eigenvalue weighted by Gasteiger charge is -2.26. The molecule has 0 aliphatic carbocycles. The molecule has 2 aliphatic rings. The predicted octanol–water partition coefficient (Wildman–Crippen LogP) is 0.554. The SMILES string of the molecule is CN(C(=O)CCC1CCCCN1)C1CCS(=O)(=O)C1. The molecule has 0 saturated carbocycles. The van der Waals surface area contributed by atoms with Crippen LogP contribution in [-0.4, -0.2) is 56.4 Å². The van der Waals surface area contributed by atoms with Crippen LogP contribution in [0.3, 0.4) is 0 Å². The molecule has 0 aromatic carbocycles. The van der Waals surface area contributed by atoms with Crippen molar-refractivity contribution >= 4 is 15.7 Å². The molecule has 110 valence electrons. The number of hydrogen-bond acceptors (Lipinski definition) is 4. The smallest absolute Gasteiger partial charge is 0.222 e. The van der Waals surface area contributed by atoms with Crippen molar-refractivity contribution in [2.75, 3.05) is 25.1 Å². The number of sulfone groups is 1. The minimum Gasteiger partial charge on any atom is -0.342 e. The van der Waals surface area contributed by atoms with Crippen molar-refractivity contribution in [2.24, 2.45) is 0 Å². The van der Waals surface area contributed by atoms with Gasteiger partial charge in [-0.1, -0.05) is 6.42 Å². The second kappa shape index (κ2) is 6.22. The first-order valence-corrected chi connectivity index (χ1v) is 8.99. The minimum absolute atomic E-state index is 0.0782. The van der Waals surface area contributed by atoms with E-state index in [-0.39, 0.29) is 23.5 Å². The zero-order chi connectivity index (χ0) is 13.9. The third kappa shape index (κ3) is 4.18. The van der Waals surface area contributed by atoms with Crippen molar-refractivity contribution in [3.63, 3.8) is 0 Å². The van der Waals surface area contributed by atoms with Crippen LogP contribution in [0.5, 0.6) is 0 Å². The molecule has 2 unspecified atom stereocenters. The van der Waals surface area contributed by atoms with Gasteiger partial charge in [0.2, 0.25) is 5.91 Å². The summed E-state index contributed by atoms with van der Waals surface area (Å²) < 4.78 is 22.9. The Kier molecular flexibility index (Phi) is 4.84. The summed E-state index contributed by atoms with van der Waals surface area (Å²) in [6, 6.07) is 0.343. The fraction of sp³-hybridized carbons (Fsp3) is 0.923. The molecule has 2 heterocycles. The maximum absolute atomic E-state index is 12.1. The zero-order valence-corrected chi connectivity index (χ0v) is 12.4. The first kappa shape index (κ1) is 14.8. The summed E-state index contributed by atoms with van der Waals surface area (Å²) in [5, 5.41) is 3.43. The van der Waals surface area contributed by atoms with Crippen LogP contribution in [0, 0.1) is 0 Å². The average Bonchev–Trinajstić information content (AvgIpc) is 2.76. The molecule has 0 spiro atoms. The highest BCUT2D eigenvalue weighted by Gasteiger charge is 2.32. The van der Waals surface area contributed by atoms with Crippen molar-refractivity contribution in [1.82, 2.24) is 10.2 Å². The van der Waals surface area contributed by atoms with Crippen LogP contribution in [0.15, 0.2) is 0 Å². The number of carbonyl (C=O) groups is 1. The van der Waals surface area contributed by atoms with Gasteiger partial charge in [0.15, 0.2) is 9.84 Å². The van der Waals surface area contributed by atoms with E-state index in [0.717, 1.165) is 19.4 Å². The van der Waals surface area contributed by atoms with Crippen LogP contribution in [-0.2, 0) is 14.6 Å². The normalized spacial score (nSPS) is 30.2. The number of rotatable bonds is 4. The Bertz CT molecular complexity index is 416. The lowest BCUT2D eigenvalue weighted by Crippen LogP contribution is -2.39. The molecule has 5 nitrogen and oxygen atoms in total. The van der Waals surface area contributed by atoms with Gasteiger partial charge in [-0.3, -0.25) is 4.79 Å². The molecule has 19 heavy (non-hydrogen) atoms. The Morgan fingerprint density at radius 3 is 2.68 bits per heavy atom. The number of hydrogen-bond donors (Lipinski definition) is 1. The monoisotopic (exact) mass is 288 g/mol. The molecular formula is C13H24N2O3S. The standard InChI is InChI=1S/C13H24N2O3S/c1-15(12-7-9-19(17,18)10-12)13(16)6-5-11-4-2-3-8-14-11/h11-12,14H,2-10H2,1H3. The maximum atomic E-state index is 12.1. The van der Waals surface area contributed by atoms with E-state index in [1.165, 1.54) is 12.8 Å². The van der Waals surface area contributed by atoms with Gasteiger partial charge in [-0.2, -0.15) is 0 Å². The Morgan fingerprint density at radius 2 is 2.11 bits per heavy atom. The van der Waals surface area contributed by atoms with Crippen molar-refractivity contribution in [1.29, 1.82) is 0 Å². The van der Waals surface area contributed by atoms with Crippen molar-refractivity contribution < 1.29 is 13.2 Å². The minimum atomic E-state index is -2.92. The van der Waals surface area contributed by atoms with Gasteiger partial charge in [0.1, 0.15) is 0 Å². The van der Waals surface area contributed by atoms with E-state index in [4.69, 9.17) is 0 Å². The number of piperidine rings is 1. The molecule has 2 aliphatic heterocycles. The molecule has 2 rings (SSSR count). The lowest BCUT2D eigenvalue weighted by atomic mass is 10.00. The molecule has 0 aromatic rings. The second-order valence-electron chi connectivity index (χ2n) is 5.75. The van der Waals surface area contributed by atoms with E-state index >= 15 is 0 Å². The quantitative estimate of drug-likeness (QED) is 0.820. The third-order valence-corrected chi connectivity index (χ3v) is 6.02. The van der Waals surface area contributed by atoms with Crippen LogP contribution >= 0.6 is 0 Å². The zero-order valence-electron chi connectivity index (χ0n) is 11.6. The summed E-state index contributed by atoms with van der Waals surface area (Å²) in [4.78, 5) is 13.7. The summed E-state index contributed by atoms with van der Waals surface area (Å²) in [6.45, 7) is 1.05. The highest BCUT2D eigenvalue weighted by molar-refractivity contribution is 7.91. The van der Waals surface area contributed by atoms with Crippen LogP contribution in [0.1, 0.15) is 38.5 Å². The average molecular weight is 288 g/mol. The number of nitrogens with one attached hydrogen (secondary N) is 1. The van der Waals surface area contributed by atoms with Crippen molar-refractivity contribution in [3.8, 4) is 0 Å². The maximum Gasteiger partial charge on any atom is 0.222 e. The van der Waals surface area contributed by atoms with Gasteiger partial charge in [0.25, 0.3) is 0 Å².